The third-order valence-corrected chi connectivity index (χ3v) is 3.95. The Hall–Kier alpha value is -2.21. The van der Waals surface area contributed by atoms with E-state index in [0.717, 1.165) is 47.4 Å². The maximum atomic E-state index is 11.3. The van der Waals surface area contributed by atoms with E-state index in [2.05, 4.69) is 26.6 Å². The molecule has 2 heterocycles. The lowest BCUT2D eigenvalue weighted by Crippen LogP contribution is -2.31. The van der Waals surface area contributed by atoms with E-state index in [0.29, 0.717) is 13.0 Å². The molecule has 1 aromatic carbocycles. The van der Waals surface area contributed by atoms with Crippen molar-refractivity contribution in [3.05, 3.63) is 29.6 Å². The van der Waals surface area contributed by atoms with Gasteiger partial charge in [-0.25, -0.2) is 10.4 Å². The van der Waals surface area contributed by atoms with Crippen LogP contribution in [0.3, 0.4) is 0 Å². The van der Waals surface area contributed by atoms with E-state index in [1.165, 1.54) is 0 Å². The molecule has 22 heavy (non-hydrogen) atoms. The van der Waals surface area contributed by atoms with E-state index in [1.54, 1.807) is 0 Å². The summed E-state index contributed by atoms with van der Waals surface area (Å²) in [5.41, 5.74) is 12.0. The largest absolute Gasteiger partial charge is 0.342 e. The average Bonchev–Trinajstić information content (AvgIpc) is 2.89. The van der Waals surface area contributed by atoms with Gasteiger partial charge in [-0.05, 0) is 31.5 Å². The molecule has 0 fully saturated rings. The van der Waals surface area contributed by atoms with Crippen LogP contribution in [0.4, 0.5) is 0 Å². The number of aryl methyl sites for hydroxylation is 1. The third-order valence-electron chi connectivity index (χ3n) is 3.95. The topological polar surface area (TPSA) is 96.2 Å². The highest BCUT2D eigenvalue weighted by Gasteiger charge is 2.21. The highest BCUT2D eigenvalue weighted by atomic mass is 16.2. The van der Waals surface area contributed by atoms with Gasteiger partial charge in [-0.1, -0.05) is 13.0 Å². The van der Waals surface area contributed by atoms with Crippen LogP contribution >= 0.6 is 0 Å². The summed E-state index contributed by atoms with van der Waals surface area (Å²) in [6.45, 7) is 2.74. The molecule has 0 bridgehead atoms. The van der Waals surface area contributed by atoms with E-state index < -0.39 is 0 Å². The number of H-pyrrole nitrogens is 1. The number of amides is 1. The first-order valence-corrected chi connectivity index (χ1v) is 7.73. The molecule has 0 saturated heterocycles. The highest BCUT2D eigenvalue weighted by Crippen LogP contribution is 2.20. The van der Waals surface area contributed by atoms with Gasteiger partial charge in [-0.3, -0.25) is 4.79 Å². The number of carbonyl (C=O) groups excluding carboxylic acids is 1. The normalized spacial score (nSPS) is 18.4. The quantitative estimate of drug-likeness (QED) is 0.733. The average molecular weight is 299 g/mol. The first-order chi connectivity index (χ1) is 10.7. The van der Waals surface area contributed by atoms with E-state index in [4.69, 9.17) is 5.73 Å². The predicted octanol–water partition coefficient (Wildman–Crippen LogP) is 1.70. The van der Waals surface area contributed by atoms with Gasteiger partial charge >= 0.3 is 0 Å². The van der Waals surface area contributed by atoms with E-state index in [-0.39, 0.29) is 11.8 Å². The number of aromatic nitrogens is 2. The maximum absolute atomic E-state index is 11.3. The predicted molar refractivity (Wildman–Crippen MR) is 86.5 cm³/mol. The minimum atomic E-state index is -0.0268. The van der Waals surface area contributed by atoms with Crippen molar-refractivity contribution >= 4 is 22.7 Å². The number of hydrazone groups is 1. The molecular weight excluding hydrogens is 278 g/mol. The van der Waals surface area contributed by atoms with Crippen LogP contribution < -0.4 is 11.2 Å². The lowest BCUT2D eigenvalue weighted by atomic mass is 9.94. The standard InChI is InChI=1S/C16H21N5O/c1-10-8-15(22)20-21-16(10)11-5-6-12-13(9-11)19-14(18-12)4-2-3-7-17/h5-6,9-10H,2-4,7-8,17H2,1H3,(H,18,19)(H,20,22). The molecule has 3 rings (SSSR count). The lowest BCUT2D eigenvalue weighted by molar-refractivity contribution is -0.121. The van der Waals surface area contributed by atoms with Gasteiger partial charge in [0.25, 0.3) is 0 Å². The molecule has 4 N–H and O–H groups in total. The van der Waals surface area contributed by atoms with E-state index in [9.17, 15) is 4.79 Å². The Balaban J connectivity index is 1.85. The molecular formula is C16H21N5O. The second kappa shape index (κ2) is 6.27. The molecule has 0 saturated carbocycles. The number of nitrogens with two attached hydrogens (primary N) is 1. The number of nitrogens with one attached hydrogen (secondary N) is 2. The number of aromatic amines is 1. The van der Waals surface area contributed by atoms with Gasteiger partial charge in [0.2, 0.25) is 5.91 Å². The van der Waals surface area contributed by atoms with Gasteiger partial charge in [-0.15, -0.1) is 0 Å². The monoisotopic (exact) mass is 299 g/mol. The van der Waals surface area contributed by atoms with Crippen LogP contribution in [0.1, 0.15) is 37.6 Å². The Morgan fingerprint density at radius 2 is 2.23 bits per heavy atom. The van der Waals surface area contributed by atoms with Crippen molar-refractivity contribution in [2.45, 2.75) is 32.6 Å². The van der Waals surface area contributed by atoms with Crippen LogP contribution in [0.5, 0.6) is 0 Å². The number of rotatable bonds is 5. The molecule has 1 aliphatic rings. The first kappa shape index (κ1) is 14.7. The van der Waals surface area contributed by atoms with Crippen molar-refractivity contribution in [2.24, 2.45) is 16.8 Å². The minimum Gasteiger partial charge on any atom is -0.342 e. The number of carbonyl (C=O) groups is 1. The smallest absolute Gasteiger partial charge is 0.240 e. The van der Waals surface area contributed by atoms with Crippen LogP contribution in [0.2, 0.25) is 0 Å². The summed E-state index contributed by atoms with van der Waals surface area (Å²) in [5, 5.41) is 4.20. The third kappa shape index (κ3) is 3.01. The number of unbranched alkanes of at least 4 members (excludes halogenated alkanes) is 1. The van der Waals surface area contributed by atoms with E-state index in [1.807, 2.05) is 19.1 Å². The fourth-order valence-electron chi connectivity index (χ4n) is 2.78. The Kier molecular flexibility index (Phi) is 4.20. The molecule has 0 radical (unpaired) electrons. The lowest BCUT2D eigenvalue weighted by Gasteiger charge is -2.18. The van der Waals surface area contributed by atoms with Crippen molar-refractivity contribution in [2.75, 3.05) is 6.54 Å². The second-order valence-corrected chi connectivity index (χ2v) is 5.80. The number of imidazole rings is 1. The summed E-state index contributed by atoms with van der Waals surface area (Å²) >= 11 is 0. The number of benzene rings is 1. The second-order valence-electron chi connectivity index (χ2n) is 5.80. The number of hydrogen-bond acceptors (Lipinski definition) is 4. The van der Waals surface area contributed by atoms with Crippen molar-refractivity contribution < 1.29 is 4.79 Å². The van der Waals surface area contributed by atoms with Gasteiger partial charge in [-0.2, -0.15) is 5.10 Å². The zero-order valence-electron chi connectivity index (χ0n) is 12.7. The van der Waals surface area contributed by atoms with Gasteiger partial charge in [0.15, 0.2) is 0 Å². The van der Waals surface area contributed by atoms with E-state index >= 15 is 0 Å². The zero-order valence-corrected chi connectivity index (χ0v) is 12.7. The molecule has 1 aliphatic heterocycles. The molecule has 1 unspecified atom stereocenters. The summed E-state index contributed by atoms with van der Waals surface area (Å²) in [4.78, 5) is 19.3. The van der Waals surface area contributed by atoms with Gasteiger partial charge in [0.05, 0.1) is 16.7 Å². The van der Waals surface area contributed by atoms with Crippen LogP contribution in [0.25, 0.3) is 11.0 Å². The maximum Gasteiger partial charge on any atom is 0.240 e. The summed E-state index contributed by atoms with van der Waals surface area (Å²) < 4.78 is 0. The van der Waals surface area contributed by atoms with Gasteiger partial charge in [0, 0.05) is 24.3 Å². The molecule has 0 spiro atoms. The number of fused-ring (bicyclic) bond motifs is 1. The first-order valence-electron chi connectivity index (χ1n) is 7.73. The number of hydrogen-bond donors (Lipinski definition) is 3. The molecule has 1 aromatic heterocycles. The molecule has 0 aliphatic carbocycles. The SMILES string of the molecule is CC1CC(=O)NN=C1c1ccc2nc(CCCCN)[nH]c2c1. The van der Waals surface area contributed by atoms with Crippen molar-refractivity contribution in [1.82, 2.24) is 15.4 Å². The minimum absolute atomic E-state index is 0.0268. The van der Waals surface area contributed by atoms with Crippen LogP contribution in [0, 0.1) is 5.92 Å². The summed E-state index contributed by atoms with van der Waals surface area (Å²) in [6.07, 6.45) is 3.44. The van der Waals surface area contributed by atoms with Crippen LogP contribution in [-0.2, 0) is 11.2 Å². The zero-order chi connectivity index (χ0) is 15.5. The molecule has 6 heteroatoms. The Labute approximate surface area is 129 Å². The van der Waals surface area contributed by atoms with Crippen LogP contribution in [0.15, 0.2) is 23.3 Å². The summed E-state index contributed by atoms with van der Waals surface area (Å²) in [7, 11) is 0. The Morgan fingerprint density at radius 3 is 3.00 bits per heavy atom. The Morgan fingerprint density at radius 1 is 1.36 bits per heavy atom. The summed E-state index contributed by atoms with van der Waals surface area (Å²) in [5.74, 6) is 1.09. The fourth-order valence-corrected chi connectivity index (χ4v) is 2.78. The number of nitrogens with zero attached hydrogens (tertiary/aromatic N) is 2. The Bertz CT molecular complexity index is 718. The van der Waals surface area contributed by atoms with Gasteiger partial charge in [0.1, 0.15) is 5.82 Å². The highest BCUT2D eigenvalue weighted by molar-refractivity contribution is 6.07. The van der Waals surface area contributed by atoms with Gasteiger partial charge < -0.3 is 10.7 Å². The molecule has 1 atom stereocenters. The molecule has 2 aromatic rings. The van der Waals surface area contributed by atoms with Crippen molar-refractivity contribution in [1.29, 1.82) is 0 Å². The summed E-state index contributed by atoms with van der Waals surface area (Å²) in [6, 6.07) is 6.07. The molecule has 116 valence electrons. The van der Waals surface area contributed by atoms with Crippen molar-refractivity contribution in [3.63, 3.8) is 0 Å². The molecule has 1 amide bonds. The molecule has 6 nitrogen and oxygen atoms in total. The van der Waals surface area contributed by atoms with Crippen molar-refractivity contribution in [3.8, 4) is 0 Å². The fraction of sp³-hybridized carbons (Fsp3) is 0.438. The van der Waals surface area contributed by atoms with Crippen LogP contribution in [-0.4, -0.2) is 28.1 Å².